The Morgan fingerprint density at radius 1 is 1.29 bits per heavy atom. The second-order valence-corrected chi connectivity index (χ2v) is 10.3. The third-order valence-corrected chi connectivity index (χ3v) is 6.22. The molecule has 4 rings (SSSR count). The van der Waals surface area contributed by atoms with Gasteiger partial charge in [0, 0.05) is 22.4 Å². The van der Waals surface area contributed by atoms with Crippen molar-refractivity contribution in [1.82, 2.24) is 20.1 Å². The van der Waals surface area contributed by atoms with E-state index in [4.69, 9.17) is 11.6 Å². The molecular weight excluding hydrogens is 481 g/mol. The fourth-order valence-electron chi connectivity index (χ4n) is 4.21. The number of nitrogens with one attached hydrogen (secondary N) is 3. The molecule has 0 spiro atoms. The molecule has 0 radical (unpaired) electrons. The highest BCUT2D eigenvalue weighted by molar-refractivity contribution is 6.31. The summed E-state index contributed by atoms with van der Waals surface area (Å²) in [5.41, 5.74) is -0.298. The van der Waals surface area contributed by atoms with Gasteiger partial charge in [-0.1, -0.05) is 17.7 Å². The lowest BCUT2D eigenvalue weighted by Crippen LogP contribution is -2.45. The van der Waals surface area contributed by atoms with Gasteiger partial charge < -0.3 is 10.3 Å². The van der Waals surface area contributed by atoms with E-state index in [0.29, 0.717) is 22.5 Å². The molecule has 2 aromatic heterocycles. The van der Waals surface area contributed by atoms with Crippen LogP contribution in [0.2, 0.25) is 5.02 Å². The van der Waals surface area contributed by atoms with Gasteiger partial charge in [0.1, 0.15) is 11.4 Å². The predicted molar refractivity (Wildman–Crippen MR) is 129 cm³/mol. The van der Waals surface area contributed by atoms with Crippen molar-refractivity contribution in [2.24, 2.45) is 5.92 Å². The minimum absolute atomic E-state index is 0.0768. The fourth-order valence-corrected chi connectivity index (χ4v) is 4.50. The van der Waals surface area contributed by atoms with Crippen LogP contribution in [0.3, 0.4) is 0 Å². The first-order valence-corrected chi connectivity index (χ1v) is 11.6. The molecule has 7 nitrogen and oxygen atoms in total. The Morgan fingerprint density at radius 2 is 2.00 bits per heavy atom. The molecule has 1 saturated carbocycles. The average molecular weight is 507 g/mol. The standard InChI is InChI=1S/C24H26ClF3N6O/c1-23(2,3)32-20(24(26,27)28)15-7-6-14(12-16(15)25)31-21-19-18(9-11-30-22(19)35)34(33-21)17(8-10-29)13-4-5-13/h6-7,9,11-13,17,20,32H,4-5,8H2,1-3H3,(H,30,35)(H,31,33)/t17-,20?/m0/s1. The van der Waals surface area contributed by atoms with Crippen LogP contribution in [-0.4, -0.2) is 26.5 Å². The minimum Gasteiger partial charge on any atom is -0.338 e. The molecule has 3 N–H and O–H groups in total. The quantitative estimate of drug-likeness (QED) is 0.366. The summed E-state index contributed by atoms with van der Waals surface area (Å²) in [4.78, 5) is 15.3. The first kappa shape index (κ1) is 25.1. The van der Waals surface area contributed by atoms with E-state index in [1.807, 2.05) is 0 Å². The van der Waals surface area contributed by atoms with E-state index in [0.717, 1.165) is 12.8 Å². The first-order valence-electron chi connectivity index (χ1n) is 11.3. The molecule has 0 aliphatic heterocycles. The smallest absolute Gasteiger partial charge is 0.338 e. The summed E-state index contributed by atoms with van der Waals surface area (Å²) in [6.07, 6.45) is -0.798. The van der Waals surface area contributed by atoms with Crippen LogP contribution in [0.5, 0.6) is 0 Å². The van der Waals surface area contributed by atoms with Crippen LogP contribution in [0.15, 0.2) is 35.3 Å². The summed E-state index contributed by atoms with van der Waals surface area (Å²) >= 11 is 6.31. The summed E-state index contributed by atoms with van der Waals surface area (Å²) in [7, 11) is 0. The van der Waals surface area contributed by atoms with Crippen molar-refractivity contribution in [1.29, 1.82) is 5.26 Å². The van der Waals surface area contributed by atoms with Gasteiger partial charge in [0.05, 0.1) is 24.0 Å². The van der Waals surface area contributed by atoms with Gasteiger partial charge in [0.15, 0.2) is 5.82 Å². The average Bonchev–Trinajstić information content (AvgIpc) is 3.52. The van der Waals surface area contributed by atoms with Gasteiger partial charge in [-0.05, 0) is 63.3 Å². The van der Waals surface area contributed by atoms with Crippen molar-refractivity contribution in [3.8, 4) is 6.07 Å². The van der Waals surface area contributed by atoms with Gasteiger partial charge in [-0.2, -0.15) is 23.5 Å². The Bertz CT molecular complexity index is 1330. The maximum atomic E-state index is 13.8. The summed E-state index contributed by atoms with van der Waals surface area (Å²) < 4.78 is 43.1. The van der Waals surface area contributed by atoms with Crippen molar-refractivity contribution < 1.29 is 13.2 Å². The number of halogens is 4. The van der Waals surface area contributed by atoms with Crippen molar-refractivity contribution in [3.63, 3.8) is 0 Å². The van der Waals surface area contributed by atoms with Crippen LogP contribution in [0.25, 0.3) is 10.9 Å². The number of rotatable bonds is 7. The molecule has 2 atom stereocenters. The van der Waals surface area contributed by atoms with Gasteiger partial charge >= 0.3 is 6.18 Å². The molecular formula is C24H26ClF3N6O. The topological polar surface area (TPSA) is 98.5 Å². The Kier molecular flexibility index (Phi) is 6.60. The molecule has 0 amide bonds. The predicted octanol–water partition coefficient (Wildman–Crippen LogP) is 5.98. The number of H-pyrrole nitrogens is 1. The van der Waals surface area contributed by atoms with Crippen LogP contribution in [0.1, 0.15) is 57.7 Å². The highest BCUT2D eigenvalue weighted by Crippen LogP contribution is 2.43. The second-order valence-electron chi connectivity index (χ2n) is 9.86. The summed E-state index contributed by atoms with van der Waals surface area (Å²) in [6, 6.07) is 5.98. The summed E-state index contributed by atoms with van der Waals surface area (Å²) in [5.74, 6) is 0.558. The maximum Gasteiger partial charge on any atom is 0.407 e. The van der Waals surface area contributed by atoms with Gasteiger partial charge in [-0.25, -0.2) is 0 Å². The monoisotopic (exact) mass is 506 g/mol. The molecule has 1 aromatic carbocycles. The van der Waals surface area contributed by atoms with Crippen LogP contribution in [0, 0.1) is 17.2 Å². The number of alkyl halides is 3. The highest BCUT2D eigenvalue weighted by Gasteiger charge is 2.43. The van der Waals surface area contributed by atoms with Crippen molar-refractivity contribution >= 4 is 34.0 Å². The molecule has 1 fully saturated rings. The highest BCUT2D eigenvalue weighted by atomic mass is 35.5. The Balaban J connectivity index is 1.71. The van der Waals surface area contributed by atoms with Gasteiger partial charge in [-0.3, -0.25) is 14.8 Å². The lowest BCUT2D eigenvalue weighted by Gasteiger charge is -2.31. The third-order valence-electron chi connectivity index (χ3n) is 5.89. The van der Waals surface area contributed by atoms with E-state index in [-0.39, 0.29) is 34.4 Å². The summed E-state index contributed by atoms with van der Waals surface area (Å²) in [5, 5.41) is 19.7. The molecule has 1 aliphatic rings. The SMILES string of the molecule is CC(C)(C)NC(c1ccc(Nc2nn([C@@H](CC#N)C3CC3)c3cc[nH]c(=O)c23)cc1Cl)C(F)(F)F. The molecule has 0 saturated heterocycles. The summed E-state index contributed by atoms with van der Waals surface area (Å²) in [6.45, 7) is 4.95. The number of aromatic amines is 1. The van der Waals surface area contributed by atoms with E-state index in [1.165, 1.54) is 24.4 Å². The zero-order valence-corrected chi connectivity index (χ0v) is 20.3. The number of hydrogen-bond acceptors (Lipinski definition) is 5. The zero-order chi connectivity index (χ0) is 25.5. The van der Waals surface area contributed by atoms with Gasteiger partial charge in [-0.15, -0.1) is 0 Å². The number of hydrogen-bond donors (Lipinski definition) is 3. The van der Waals surface area contributed by atoms with Crippen molar-refractivity contribution in [3.05, 3.63) is 51.4 Å². The number of nitriles is 1. The van der Waals surface area contributed by atoms with Crippen LogP contribution in [0.4, 0.5) is 24.7 Å². The molecule has 0 bridgehead atoms. The van der Waals surface area contributed by atoms with E-state index in [1.54, 1.807) is 31.5 Å². The lowest BCUT2D eigenvalue weighted by atomic mass is 10.0. The Labute approximate surface area is 205 Å². The van der Waals surface area contributed by atoms with Gasteiger partial charge in [0.2, 0.25) is 0 Å². The Hall–Kier alpha value is -3.03. The largest absolute Gasteiger partial charge is 0.407 e. The fraction of sp³-hybridized carbons (Fsp3) is 0.458. The molecule has 35 heavy (non-hydrogen) atoms. The van der Waals surface area contributed by atoms with E-state index >= 15 is 0 Å². The molecule has 3 aromatic rings. The lowest BCUT2D eigenvalue weighted by molar-refractivity contribution is -0.161. The number of fused-ring (bicyclic) bond motifs is 1. The number of nitrogens with zero attached hydrogens (tertiary/aromatic N) is 3. The number of benzene rings is 1. The molecule has 2 heterocycles. The number of aromatic nitrogens is 3. The van der Waals surface area contributed by atoms with Crippen LogP contribution in [-0.2, 0) is 0 Å². The maximum absolute atomic E-state index is 13.8. The van der Waals surface area contributed by atoms with Crippen LogP contribution >= 0.6 is 11.6 Å². The second kappa shape index (κ2) is 9.21. The van der Waals surface area contributed by atoms with Gasteiger partial charge in [0.25, 0.3) is 5.56 Å². The van der Waals surface area contributed by atoms with E-state index in [9.17, 15) is 23.2 Å². The molecule has 11 heteroatoms. The Morgan fingerprint density at radius 3 is 2.57 bits per heavy atom. The first-order chi connectivity index (χ1) is 16.4. The van der Waals surface area contributed by atoms with Crippen molar-refractivity contribution in [2.75, 3.05) is 5.32 Å². The van der Waals surface area contributed by atoms with Crippen LogP contribution < -0.4 is 16.2 Å². The zero-order valence-electron chi connectivity index (χ0n) is 19.5. The van der Waals surface area contributed by atoms with Crippen molar-refractivity contribution in [2.45, 2.75) is 63.8 Å². The molecule has 1 aliphatic carbocycles. The van der Waals surface area contributed by atoms with E-state index in [2.05, 4.69) is 26.8 Å². The van der Waals surface area contributed by atoms with E-state index < -0.39 is 17.8 Å². The normalized spacial score (nSPS) is 16.2. The minimum atomic E-state index is -4.55. The molecule has 1 unspecified atom stereocenters. The number of pyridine rings is 1. The third kappa shape index (κ3) is 5.46. The molecule has 186 valence electrons. The number of anilines is 2.